The Morgan fingerprint density at radius 2 is 2.17 bits per heavy atom. The second kappa shape index (κ2) is 6.92. The summed E-state index contributed by atoms with van der Waals surface area (Å²) in [6, 6.07) is 3.83. The number of rotatable bonds is 6. The standard InChI is InChI=1S/C13H20N4O/c1-5-18-8-12(9(2)3)17-13-15-10(4)6-11(7-14)16-13/h6,9,12H,5,8H2,1-4H3,(H,15,16,17). The Kier molecular flexibility index (Phi) is 5.53. The van der Waals surface area contributed by atoms with Crippen LogP contribution < -0.4 is 5.32 Å². The van der Waals surface area contributed by atoms with Crippen molar-refractivity contribution in [2.24, 2.45) is 5.92 Å². The summed E-state index contributed by atoms with van der Waals surface area (Å²) in [4.78, 5) is 8.43. The highest BCUT2D eigenvalue weighted by Gasteiger charge is 2.15. The summed E-state index contributed by atoms with van der Waals surface area (Å²) in [6.07, 6.45) is 0. The zero-order valence-electron chi connectivity index (χ0n) is 11.4. The first-order valence-corrected chi connectivity index (χ1v) is 6.16. The van der Waals surface area contributed by atoms with Gasteiger partial charge in [0.1, 0.15) is 11.8 Å². The SMILES string of the molecule is CCOCC(Nc1nc(C)cc(C#N)n1)C(C)C. The summed E-state index contributed by atoms with van der Waals surface area (Å²) in [5.41, 5.74) is 1.16. The predicted molar refractivity (Wildman–Crippen MR) is 70.2 cm³/mol. The molecule has 0 aliphatic carbocycles. The van der Waals surface area contributed by atoms with Gasteiger partial charge in [-0.15, -0.1) is 0 Å². The molecule has 1 heterocycles. The third-order valence-electron chi connectivity index (χ3n) is 2.59. The van der Waals surface area contributed by atoms with Gasteiger partial charge < -0.3 is 10.1 Å². The summed E-state index contributed by atoms with van der Waals surface area (Å²) in [5, 5.41) is 12.1. The van der Waals surface area contributed by atoms with Crippen LogP contribution in [0.25, 0.3) is 0 Å². The molecule has 0 amide bonds. The summed E-state index contributed by atoms with van der Waals surface area (Å²) in [7, 11) is 0. The van der Waals surface area contributed by atoms with Crippen molar-refractivity contribution < 1.29 is 4.74 Å². The third kappa shape index (κ3) is 4.30. The monoisotopic (exact) mass is 248 g/mol. The minimum absolute atomic E-state index is 0.137. The minimum atomic E-state index is 0.137. The van der Waals surface area contributed by atoms with Crippen LogP contribution in [0.5, 0.6) is 0 Å². The Balaban J connectivity index is 2.80. The minimum Gasteiger partial charge on any atom is -0.380 e. The van der Waals surface area contributed by atoms with Crippen LogP contribution in [0.2, 0.25) is 0 Å². The number of aryl methyl sites for hydroxylation is 1. The highest BCUT2D eigenvalue weighted by molar-refractivity contribution is 5.34. The van der Waals surface area contributed by atoms with E-state index >= 15 is 0 Å². The van der Waals surface area contributed by atoms with E-state index in [2.05, 4.69) is 29.1 Å². The molecule has 0 saturated heterocycles. The molecule has 1 aromatic heterocycles. The van der Waals surface area contributed by atoms with Crippen molar-refractivity contribution in [2.45, 2.75) is 33.7 Å². The topological polar surface area (TPSA) is 70.8 Å². The van der Waals surface area contributed by atoms with Gasteiger partial charge in [-0.1, -0.05) is 13.8 Å². The molecule has 0 radical (unpaired) electrons. The summed E-state index contributed by atoms with van der Waals surface area (Å²) in [5.74, 6) is 0.885. The van der Waals surface area contributed by atoms with Crippen LogP contribution in [0.3, 0.4) is 0 Å². The van der Waals surface area contributed by atoms with Crippen molar-refractivity contribution in [3.05, 3.63) is 17.5 Å². The van der Waals surface area contributed by atoms with Crippen LogP contribution >= 0.6 is 0 Å². The summed E-state index contributed by atoms with van der Waals surface area (Å²) >= 11 is 0. The van der Waals surface area contributed by atoms with E-state index in [1.807, 2.05) is 19.9 Å². The van der Waals surface area contributed by atoms with Gasteiger partial charge in [-0.3, -0.25) is 0 Å². The lowest BCUT2D eigenvalue weighted by Gasteiger charge is -2.22. The van der Waals surface area contributed by atoms with Gasteiger partial charge in [-0.25, -0.2) is 9.97 Å². The molecular formula is C13H20N4O. The Labute approximate surface area is 108 Å². The van der Waals surface area contributed by atoms with Crippen LogP contribution in [0.15, 0.2) is 6.07 Å². The van der Waals surface area contributed by atoms with E-state index in [1.165, 1.54) is 0 Å². The first-order valence-electron chi connectivity index (χ1n) is 6.16. The Bertz CT molecular complexity index is 425. The fourth-order valence-electron chi connectivity index (χ4n) is 1.50. The van der Waals surface area contributed by atoms with Gasteiger partial charge >= 0.3 is 0 Å². The van der Waals surface area contributed by atoms with E-state index in [-0.39, 0.29) is 6.04 Å². The molecule has 1 unspecified atom stereocenters. The van der Waals surface area contributed by atoms with Gasteiger partial charge in [0.15, 0.2) is 0 Å². The number of ether oxygens (including phenoxy) is 1. The molecule has 1 rings (SSSR count). The molecule has 5 heteroatoms. The Morgan fingerprint density at radius 3 is 2.72 bits per heavy atom. The van der Waals surface area contributed by atoms with Crippen molar-refractivity contribution in [3.8, 4) is 6.07 Å². The molecular weight excluding hydrogens is 228 g/mol. The molecule has 98 valence electrons. The smallest absolute Gasteiger partial charge is 0.224 e. The van der Waals surface area contributed by atoms with Crippen molar-refractivity contribution in [2.75, 3.05) is 18.5 Å². The van der Waals surface area contributed by atoms with Gasteiger partial charge in [0.2, 0.25) is 5.95 Å². The van der Waals surface area contributed by atoms with Gasteiger partial charge in [0.05, 0.1) is 12.6 Å². The fraction of sp³-hybridized carbons (Fsp3) is 0.615. The normalized spacial score (nSPS) is 12.2. The zero-order chi connectivity index (χ0) is 13.5. The number of nitriles is 1. The molecule has 1 atom stereocenters. The molecule has 1 N–H and O–H groups in total. The molecule has 0 fully saturated rings. The first kappa shape index (κ1) is 14.4. The quantitative estimate of drug-likeness (QED) is 0.835. The molecule has 5 nitrogen and oxygen atoms in total. The molecule has 18 heavy (non-hydrogen) atoms. The lowest BCUT2D eigenvalue weighted by molar-refractivity contribution is 0.126. The van der Waals surface area contributed by atoms with Crippen LogP contribution in [-0.4, -0.2) is 29.2 Å². The lowest BCUT2D eigenvalue weighted by atomic mass is 10.1. The number of aromatic nitrogens is 2. The number of anilines is 1. The van der Waals surface area contributed by atoms with E-state index in [9.17, 15) is 0 Å². The van der Waals surface area contributed by atoms with E-state index in [4.69, 9.17) is 10.00 Å². The molecule has 1 aromatic rings. The number of hydrogen-bond acceptors (Lipinski definition) is 5. The highest BCUT2D eigenvalue weighted by Crippen LogP contribution is 2.10. The van der Waals surface area contributed by atoms with Crippen molar-refractivity contribution in [3.63, 3.8) is 0 Å². The van der Waals surface area contributed by atoms with Gasteiger partial charge in [0.25, 0.3) is 0 Å². The van der Waals surface area contributed by atoms with Crippen LogP contribution in [0, 0.1) is 24.2 Å². The second-order valence-corrected chi connectivity index (χ2v) is 4.48. The molecule has 0 aliphatic heterocycles. The average molecular weight is 248 g/mol. The lowest BCUT2D eigenvalue weighted by Crippen LogP contribution is -2.32. The van der Waals surface area contributed by atoms with Crippen molar-refractivity contribution >= 4 is 5.95 Å². The molecule has 0 spiro atoms. The Morgan fingerprint density at radius 1 is 1.44 bits per heavy atom. The summed E-state index contributed by atoms with van der Waals surface area (Å²) in [6.45, 7) is 9.32. The maximum absolute atomic E-state index is 8.88. The first-order chi connectivity index (χ1) is 8.56. The molecule has 0 aromatic carbocycles. The summed E-state index contributed by atoms with van der Waals surface area (Å²) < 4.78 is 5.43. The van der Waals surface area contributed by atoms with Gasteiger partial charge in [-0.05, 0) is 25.8 Å². The second-order valence-electron chi connectivity index (χ2n) is 4.48. The number of nitrogens with one attached hydrogen (secondary N) is 1. The number of hydrogen-bond donors (Lipinski definition) is 1. The van der Waals surface area contributed by atoms with Crippen LogP contribution in [-0.2, 0) is 4.74 Å². The maximum atomic E-state index is 8.88. The largest absolute Gasteiger partial charge is 0.380 e. The van der Waals surface area contributed by atoms with E-state index in [0.29, 0.717) is 30.8 Å². The maximum Gasteiger partial charge on any atom is 0.224 e. The molecule has 0 bridgehead atoms. The van der Waals surface area contributed by atoms with Crippen LogP contribution in [0.4, 0.5) is 5.95 Å². The highest BCUT2D eigenvalue weighted by atomic mass is 16.5. The Hall–Kier alpha value is -1.67. The van der Waals surface area contributed by atoms with Crippen molar-refractivity contribution in [1.29, 1.82) is 5.26 Å². The van der Waals surface area contributed by atoms with Gasteiger partial charge in [-0.2, -0.15) is 5.26 Å². The average Bonchev–Trinajstić information content (AvgIpc) is 2.33. The molecule has 0 saturated carbocycles. The molecule has 0 aliphatic rings. The van der Waals surface area contributed by atoms with E-state index in [1.54, 1.807) is 6.07 Å². The van der Waals surface area contributed by atoms with Crippen molar-refractivity contribution in [1.82, 2.24) is 9.97 Å². The predicted octanol–water partition coefficient (Wildman–Crippen LogP) is 2.13. The van der Waals surface area contributed by atoms with Crippen LogP contribution in [0.1, 0.15) is 32.2 Å². The third-order valence-corrected chi connectivity index (χ3v) is 2.59. The van der Waals surface area contributed by atoms with Gasteiger partial charge in [0, 0.05) is 12.3 Å². The zero-order valence-corrected chi connectivity index (χ0v) is 11.4. The van der Waals surface area contributed by atoms with E-state index < -0.39 is 0 Å². The number of nitrogens with zero attached hydrogens (tertiary/aromatic N) is 3. The fourth-order valence-corrected chi connectivity index (χ4v) is 1.50. The van der Waals surface area contributed by atoms with E-state index in [0.717, 1.165) is 5.69 Å².